The molecule has 1 aromatic rings. The van der Waals surface area contributed by atoms with Gasteiger partial charge in [-0.3, -0.25) is 4.79 Å². The standard InChI is InChI=1S/C12H18ClN3OS/c1-12(11-15-8-9(13)18-11)3-6-16(7-4-12)10(17)2-5-14/h8H,2-7,14H2,1H3. The maximum Gasteiger partial charge on any atom is 0.223 e. The highest BCUT2D eigenvalue weighted by Gasteiger charge is 2.35. The maximum atomic E-state index is 11.8. The Bertz CT molecular complexity index is 427. The summed E-state index contributed by atoms with van der Waals surface area (Å²) in [4.78, 5) is 18.0. The van der Waals surface area contributed by atoms with Crippen LogP contribution in [0.25, 0.3) is 0 Å². The monoisotopic (exact) mass is 287 g/mol. The second-order valence-electron chi connectivity index (χ2n) is 4.95. The second kappa shape index (κ2) is 5.55. The van der Waals surface area contributed by atoms with Gasteiger partial charge in [-0.1, -0.05) is 18.5 Å². The molecule has 2 heterocycles. The zero-order chi connectivity index (χ0) is 13.2. The molecule has 18 heavy (non-hydrogen) atoms. The van der Waals surface area contributed by atoms with Gasteiger partial charge in [-0.2, -0.15) is 0 Å². The summed E-state index contributed by atoms with van der Waals surface area (Å²) in [6, 6.07) is 0. The number of amides is 1. The molecule has 0 aliphatic carbocycles. The third-order valence-electron chi connectivity index (χ3n) is 3.57. The summed E-state index contributed by atoms with van der Waals surface area (Å²) in [6.07, 6.45) is 4.03. The predicted octanol–water partition coefficient (Wildman–Crippen LogP) is 2.03. The minimum atomic E-state index is 0.0529. The van der Waals surface area contributed by atoms with Crippen molar-refractivity contribution < 1.29 is 4.79 Å². The van der Waals surface area contributed by atoms with E-state index in [0.29, 0.717) is 13.0 Å². The zero-order valence-corrected chi connectivity index (χ0v) is 12.1. The fourth-order valence-corrected chi connectivity index (χ4v) is 3.39. The van der Waals surface area contributed by atoms with Gasteiger partial charge in [-0.25, -0.2) is 4.98 Å². The van der Waals surface area contributed by atoms with Gasteiger partial charge in [0, 0.05) is 31.5 Å². The summed E-state index contributed by atoms with van der Waals surface area (Å²) in [5.41, 5.74) is 5.47. The van der Waals surface area contributed by atoms with Crippen LogP contribution >= 0.6 is 22.9 Å². The fourth-order valence-electron chi connectivity index (χ4n) is 2.28. The SMILES string of the molecule is CC1(c2ncc(Cl)s2)CCN(C(=O)CCN)CC1. The van der Waals surface area contributed by atoms with Crippen LogP contribution in [0.15, 0.2) is 6.20 Å². The number of nitrogens with two attached hydrogens (primary N) is 1. The van der Waals surface area contributed by atoms with Crippen molar-refractivity contribution in [1.82, 2.24) is 9.88 Å². The van der Waals surface area contributed by atoms with Crippen molar-refractivity contribution in [2.75, 3.05) is 19.6 Å². The first-order valence-corrected chi connectivity index (χ1v) is 7.34. The van der Waals surface area contributed by atoms with Crippen LogP contribution in [0.1, 0.15) is 31.2 Å². The molecule has 1 amide bonds. The highest BCUT2D eigenvalue weighted by Crippen LogP contribution is 2.38. The Morgan fingerprint density at radius 1 is 1.61 bits per heavy atom. The number of rotatable bonds is 3. The van der Waals surface area contributed by atoms with Gasteiger partial charge in [-0.05, 0) is 12.8 Å². The lowest BCUT2D eigenvalue weighted by Gasteiger charge is -2.38. The highest BCUT2D eigenvalue weighted by atomic mass is 35.5. The van der Waals surface area contributed by atoms with E-state index >= 15 is 0 Å². The number of aromatic nitrogens is 1. The van der Waals surface area contributed by atoms with E-state index in [4.69, 9.17) is 17.3 Å². The Kier molecular flexibility index (Phi) is 4.25. The smallest absolute Gasteiger partial charge is 0.223 e. The zero-order valence-electron chi connectivity index (χ0n) is 10.5. The minimum absolute atomic E-state index is 0.0529. The van der Waals surface area contributed by atoms with Crippen molar-refractivity contribution in [3.05, 3.63) is 15.5 Å². The lowest BCUT2D eigenvalue weighted by atomic mass is 9.81. The summed E-state index contributed by atoms with van der Waals surface area (Å²) < 4.78 is 0.730. The van der Waals surface area contributed by atoms with E-state index in [1.165, 1.54) is 0 Å². The van der Waals surface area contributed by atoms with Gasteiger partial charge in [0.25, 0.3) is 0 Å². The molecule has 0 radical (unpaired) electrons. The lowest BCUT2D eigenvalue weighted by molar-refractivity contribution is -0.132. The first kappa shape index (κ1) is 13.8. The molecular weight excluding hydrogens is 270 g/mol. The van der Waals surface area contributed by atoms with E-state index in [9.17, 15) is 4.79 Å². The molecule has 1 fully saturated rings. The molecule has 2 N–H and O–H groups in total. The first-order valence-electron chi connectivity index (χ1n) is 6.15. The average Bonchev–Trinajstić information content (AvgIpc) is 2.78. The Balaban J connectivity index is 1.99. The number of halogens is 1. The maximum absolute atomic E-state index is 11.8. The summed E-state index contributed by atoms with van der Waals surface area (Å²) in [7, 11) is 0. The molecule has 1 aliphatic rings. The Morgan fingerprint density at radius 2 is 2.28 bits per heavy atom. The Labute approximate surface area is 116 Å². The quantitative estimate of drug-likeness (QED) is 0.925. The highest BCUT2D eigenvalue weighted by molar-refractivity contribution is 7.15. The van der Waals surface area contributed by atoms with Gasteiger partial charge in [-0.15, -0.1) is 11.3 Å². The molecule has 1 aromatic heterocycles. The first-order chi connectivity index (χ1) is 8.55. The molecule has 4 nitrogen and oxygen atoms in total. The molecule has 0 aromatic carbocycles. The van der Waals surface area contributed by atoms with E-state index in [1.807, 2.05) is 4.90 Å². The normalized spacial score (nSPS) is 18.9. The van der Waals surface area contributed by atoms with Crippen LogP contribution in [0.2, 0.25) is 4.34 Å². The number of hydrogen-bond acceptors (Lipinski definition) is 4. The Hall–Kier alpha value is -0.650. The molecule has 6 heteroatoms. The molecule has 1 saturated heterocycles. The number of piperidine rings is 1. The van der Waals surface area contributed by atoms with Crippen LogP contribution in [-0.4, -0.2) is 35.4 Å². The topological polar surface area (TPSA) is 59.2 Å². The average molecular weight is 288 g/mol. The molecule has 0 bridgehead atoms. The molecular formula is C12H18ClN3OS. The summed E-state index contributed by atoms with van der Waals surface area (Å²) in [6.45, 7) is 4.20. The molecule has 1 aliphatic heterocycles. The molecule has 0 unspecified atom stereocenters. The van der Waals surface area contributed by atoms with Gasteiger partial charge in [0.15, 0.2) is 0 Å². The van der Waals surface area contributed by atoms with E-state index in [-0.39, 0.29) is 11.3 Å². The van der Waals surface area contributed by atoms with Crippen LogP contribution in [-0.2, 0) is 10.2 Å². The van der Waals surface area contributed by atoms with E-state index in [2.05, 4.69) is 11.9 Å². The predicted molar refractivity (Wildman–Crippen MR) is 74.0 cm³/mol. The summed E-state index contributed by atoms with van der Waals surface area (Å²) >= 11 is 7.48. The number of nitrogens with zero attached hydrogens (tertiary/aromatic N) is 2. The van der Waals surface area contributed by atoms with Crippen LogP contribution in [0, 0.1) is 0 Å². The number of likely N-dealkylation sites (tertiary alicyclic amines) is 1. The van der Waals surface area contributed by atoms with Crippen LogP contribution in [0.5, 0.6) is 0 Å². The van der Waals surface area contributed by atoms with Gasteiger partial charge in [0.1, 0.15) is 9.34 Å². The second-order valence-corrected chi connectivity index (χ2v) is 6.61. The van der Waals surface area contributed by atoms with Gasteiger partial charge < -0.3 is 10.6 Å². The largest absolute Gasteiger partial charge is 0.343 e. The summed E-state index contributed by atoms with van der Waals surface area (Å²) in [5.74, 6) is 0.164. The molecule has 100 valence electrons. The van der Waals surface area contributed by atoms with Crippen molar-refractivity contribution in [2.24, 2.45) is 5.73 Å². The number of carbonyl (C=O) groups excluding carboxylic acids is 1. The van der Waals surface area contributed by atoms with Crippen molar-refractivity contribution in [3.63, 3.8) is 0 Å². The van der Waals surface area contributed by atoms with Gasteiger partial charge >= 0.3 is 0 Å². The number of thiazole rings is 1. The fraction of sp³-hybridized carbons (Fsp3) is 0.667. The van der Waals surface area contributed by atoms with Crippen LogP contribution < -0.4 is 5.73 Å². The molecule has 0 spiro atoms. The van der Waals surface area contributed by atoms with Crippen molar-refractivity contribution in [3.8, 4) is 0 Å². The van der Waals surface area contributed by atoms with E-state index in [1.54, 1.807) is 17.5 Å². The van der Waals surface area contributed by atoms with Crippen molar-refractivity contribution in [1.29, 1.82) is 0 Å². The lowest BCUT2D eigenvalue weighted by Crippen LogP contribution is -2.44. The van der Waals surface area contributed by atoms with E-state index < -0.39 is 0 Å². The third kappa shape index (κ3) is 2.84. The molecule has 0 atom stereocenters. The van der Waals surface area contributed by atoms with Crippen molar-refractivity contribution in [2.45, 2.75) is 31.6 Å². The van der Waals surface area contributed by atoms with Gasteiger partial charge in [0.05, 0.1) is 6.20 Å². The number of carbonyl (C=O) groups is 1. The molecule has 0 saturated carbocycles. The Morgan fingerprint density at radius 3 is 2.78 bits per heavy atom. The van der Waals surface area contributed by atoms with Crippen LogP contribution in [0.4, 0.5) is 0 Å². The molecule has 2 rings (SSSR count). The third-order valence-corrected chi connectivity index (χ3v) is 4.99. The van der Waals surface area contributed by atoms with Crippen molar-refractivity contribution >= 4 is 28.8 Å². The minimum Gasteiger partial charge on any atom is -0.343 e. The summed E-state index contributed by atoms with van der Waals surface area (Å²) in [5, 5.41) is 1.08. The number of hydrogen-bond donors (Lipinski definition) is 1. The van der Waals surface area contributed by atoms with E-state index in [0.717, 1.165) is 35.3 Å². The van der Waals surface area contributed by atoms with Gasteiger partial charge in [0.2, 0.25) is 5.91 Å². The van der Waals surface area contributed by atoms with Crippen LogP contribution in [0.3, 0.4) is 0 Å².